The summed E-state index contributed by atoms with van der Waals surface area (Å²) in [5, 5.41) is 7.36. The molecule has 1 fully saturated rings. The number of amides is 1. The first-order valence-corrected chi connectivity index (χ1v) is 7.99. The van der Waals surface area contributed by atoms with Crippen molar-refractivity contribution in [3.05, 3.63) is 0 Å². The Balaban J connectivity index is 2.25. The van der Waals surface area contributed by atoms with Crippen LogP contribution in [0.5, 0.6) is 0 Å². The fraction of sp³-hybridized carbons (Fsp3) is 0.857. The summed E-state index contributed by atoms with van der Waals surface area (Å²) in [5.74, 6) is 1.86. The fourth-order valence-electron chi connectivity index (χ4n) is 1.96. The second kappa shape index (κ2) is 7.17. The van der Waals surface area contributed by atoms with Crippen LogP contribution in [0.1, 0.15) is 47.5 Å². The summed E-state index contributed by atoms with van der Waals surface area (Å²) in [7, 11) is 0. The van der Waals surface area contributed by atoms with Crippen molar-refractivity contribution in [2.24, 2.45) is 10.9 Å². The molecule has 110 valence electrons. The van der Waals surface area contributed by atoms with Crippen LogP contribution in [0, 0.1) is 5.92 Å². The van der Waals surface area contributed by atoms with Crippen LogP contribution in [0.3, 0.4) is 0 Å². The van der Waals surface area contributed by atoms with E-state index in [9.17, 15) is 4.79 Å². The predicted octanol–water partition coefficient (Wildman–Crippen LogP) is 2.40. The third kappa shape index (κ3) is 7.45. The van der Waals surface area contributed by atoms with Crippen LogP contribution >= 0.6 is 11.8 Å². The lowest BCUT2D eigenvalue weighted by molar-refractivity contribution is -0.122. The number of aliphatic imine (C=N–C) groups is 1. The Hall–Kier alpha value is -0.710. The minimum Gasteiger partial charge on any atom is -0.361 e. The lowest BCUT2D eigenvalue weighted by atomic mass is 10.1. The summed E-state index contributed by atoms with van der Waals surface area (Å²) in [6.07, 6.45) is 1.63. The molecule has 0 aromatic heterocycles. The van der Waals surface area contributed by atoms with E-state index in [1.54, 1.807) is 11.8 Å². The van der Waals surface area contributed by atoms with Gasteiger partial charge in [0, 0.05) is 23.8 Å². The van der Waals surface area contributed by atoms with Crippen molar-refractivity contribution >= 4 is 22.8 Å². The highest BCUT2D eigenvalue weighted by Gasteiger charge is 2.20. The van der Waals surface area contributed by atoms with Crippen molar-refractivity contribution in [2.45, 2.75) is 59.0 Å². The average Bonchev–Trinajstić information content (AvgIpc) is 2.61. The molecule has 0 radical (unpaired) electrons. The first kappa shape index (κ1) is 16.3. The number of nitrogens with one attached hydrogen (secondary N) is 2. The highest BCUT2D eigenvalue weighted by molar-refractivity contribution is 8.14. The molecule has 5 heteroatoms. The van der Waals surface area contributed by atoms with Crippen molar-refractivity contribution in [3.8, 4) is 0 Å². The highest BCUT2D eigenvalue weighted by atomic mass is 32.2. The maximum atomic E-state index is 11.6. The van der Waals surface area contributed by atoms with E-state index in [4.69, 9.17) is 0 Å². The van der Waals surface area contributed by atoms with Gasteiger partial charge in [-0.3, -0.25) is 9.79 Å². The van der Waals surface area contributed by atoms with Crippen molar-refractivity contribution < 1.29 is 4.79 Å². The van der Waals surface area contributed by atoms with Crippen LogP contribution in [0.4, 0.5) is 0 Å². The first-order valence-electron chi connectivity index (χ1n) is 7.01. The van der Waals surface area contributed by atoms with E-state index in [-0.39, 0.29) is 11.4 Å². The van der Waals surface area contributed by atoms with Gasteiger partial charge in [-0.25, -0.2) is 0 Å². The number of thioether (sulfide) groups is 1. The molecule has 0 aliphatic carbocycles. The molecule has 1 aliphatic heterocycles. The molecule has 0 aromatic carbocycles. The Morgan fingerprint density at radius 2 is 2.21 bits per heavy atom. The molecule has 19 heavy (non-hydrogen) atoms. The summed E-state index contributed by atoms with van der Waals surface area (Å²) >= 11 is 1.76. The molecule has 0 saturated carbocycles. The topological polar surface area (TPSA) is 53.5 Å². The first-order chi connectivity index (χ1) is 8.76. The smallest absolute Gasteiger partial charge is 0.222 e. The monoisotopic (exact) mass is 285 g/mol. The Labute approximate surface area is 121 Å². The summed E-state index contributed by atoms with van der Waals surface area (Å²) in [4.78, 5) is 16.1. The van der Waals surface area contributed by atoms with Crippen molar-refractivity contribution in [1.29, 1.82) is 0 Å². The lowest BCUT2D eigenvalue weighted by Crippen LogP contribution is -2.40. The Morgan fingerprint density at radius 1 is 1.53 bits per heavy atom. The second-order valence-electron chi connectivity index (χ2n) is 6.52. The van der Waals surface area contributed by atoms with E-state index in [1.807, 2.05) is 20.8 Å². The molecule has 0 bridgehead atoms. The van der Waals surface area contributed by atoms with Gasteiger partial charge in [0.1, 0.15) is 0 Å². The van der Waals surface area contributed by atoms with E-state index in [0.717, 1.165) is 10.9 Å². The van der Waals surface area contributed by atoms with Gasteiger partial charge in [-0.2, -0.15) is 0 Å². The number of carbonyl (C=O) groups is 1. The van der Waals surface area contributed by atoms with Crippen LogP contribution in [0.15, 0.2) is 4.99 Å². The van der Waals surface area contributed by atoms with Gasteiger partial charge in [-0.1, -0.05) is 25.6 Å². The van der Waals surface area contributed by atoms with Gasteiger partial charge in [-0.05, 0) is 33.1 Å². The summed E-state index contributed by atoms with van der Waals surface area (Å²) in [6.45, 7) is 11.0. The number of hydrogen-bond acceptors (Lipinski definition) is 3. The largest absolute Gasteiger partial charge is 0.361 e. The molecule has 1 rings (SSSR count). The second-order valence-corrected chi connectivity index (χ2v) is 7.53. The zero-order chi connectivity index (χ0) is 14.5. The minimum atomic E-state index is -0.160. The third-order valence-corrected chi connectivity index (χ3v) is 3.70. The van der Waals surface area contributed by atoms with Gasteiger partial charge >= 0.3 is 0 Å². The third-order valence-electron chi connectivity index (χ3n) is 2.61. The highest BCUT2D eigenvalue weighted by Crippen LogP contribution is 2.18. The van der Waals surface area contributed by atoms with Crippen molar-refractivity contribution in [3.63, 3.8) is 0 Å². The molecule has 0 aromatic rings. The maximum Gasteiger partial charge on any atom is 0.222 e. The maximum absolute atomic E-state index is 11.6. The Bertz CT molecular complexity index is 334. The average molecular weight is 285 g/mol. The van der Waals surface area contributed by atoms with E-state index < -0.39 is 0 Å². The summed E-state index contributed by atoms with van der Waals surface area (Å²) in [5.41, 5.74) is -0.160. The molecule has 4 nitrogen and oxygen atoms in total. The van der Waals surface area contributed by atoms with Crippen LogP contribution in [-0.4, -0.2) is 35.0 Å². The molecule has 2 N–H and O–H groups in total. The van der Waals surface area contributed by atoms with Crippen LogP contribution in [-0.2, 0) is 4.79 Å². The normalized spacial score (nSPS) is 21.8. The summed E-state index contributed by atoms with van der Waals surface area (Å²) in [6, 6.07) is 0.534. The molecule has 1 atom stereocenters. The molecular weight excluding hydrogens is 258 g/mol. The zero-order valence-electron chi connectivity index (χ0n) is 12.7. The molecular formula is C14H27N3OS. The lowest BCUT2D eigenvalue weighted by Gasteiger charge is -2.20. The van der Waals surface area contributed by atoms with Crippen LogP contribution in [0.25, 0.3) is 0 Å². The molecule has 1 amide bonds. The van der Waals surface area contributed by atoms with Gasteiger partial charge in [0.2, 0.25) is 5.91 Å². The minimum absolute atomic E-state index is 0.0681. The number of rotatable bonds is 5. The zero-order valence-corrected chi connectivity index (χ0v) is 13.6. The standard InChI is InChI=1S/C14H27N3OS/c1-10(2)8-11-9-19-13(16-11)15-7-6-12(18)17-14(3,4)5/h10-11H,6-9H2,1-5H3,(H,15,16)(H,17,18). The van der Waals surface area contributed by atoms with Gasteiger partial charge in [0.15, 0.2) is 5.17 Å². The molecule has 1 aliphatic rings. The van der Waals surface area contributed by atoms with Gasteiger partial charge < -0.3 is 10.6 Å². The van der Waals surface area contributed by atoms with Crippen molar-refractivity contribution in [1.82, 2.24) is 10.6 Å². The molecule has 1 heterocycles. The van der Waals surface area contributed by atoms with Gasteiger partial charge in [-0.15, -0.1) is 0 Å². The predicted molar refractivity (Wildman–Crippen MR) is 83.7 cm³/mol. The molecule has 0 spiro atoms. The van der Waals surface area contributed by atoms with E-state index in [1.165, 1.54) is 6.42 Å². The van der Waals surface area contributed by atoms with E-state index >= 15 is 0 Å². The number of nitrogens with zero attached hydrogens (tertiary/aromatic N) is 1. The van der Waals surface area contributed by atoms with Gasteiger partial charge in [0.05, 0.1) is 6.54 Å². The summed E-state index contributed by atoms with van der Waals surface area (Å²) < 4.78 is 0. The van der Waals surface area contributed by atoms with E-state index in [2.05, 4.69) is 29.5 Å². The van der Waals surface area contributed by atoms with Crippen LogP contribution < -0.4 is 10.6 Å². The Morgan fingerprint density at radius 3 is 2.79 bits per heavy atom. The van der Waals surface area contributed by atoms with Gasteiger partial charge in [0.25, 0.3) is 0 Å². The quantitative estimate of drug-likeness (QED) is 0.815. The molecule has 1 saturated heterocycles. The van der Waals surface area contributed by atoms with E-state index in [0.29, 0.717) is 24.9 Å². The van der Waals surface area contributed by atoms with Crippen molar-refractivity contribution in [2.75, 3.05) is 12.3 Å². The SMILES string of the molecule is CC(C)CC1CSC(=NCCC(=O)NC(C)(C)C)N1. The number of hydrogen-bond donors (Lipinski definition) is 2. The number of amidine groups is 1. The fourth-order valence-corrected chi connectivity index (χ4v) is 2.98. The molecule has 1 unspecified atom stereocenters. The number of carbonyl (C=O) groups excluding carboxylic acids is 1. The Kier molecular flexibility index (Phi) is 6.17. The van der Waals surface area contributed by atoms with Crippen LogP contribution in [0.2, 0.25) is 0 Å².